The van der Waals surface area contributed by atoms with Gasteiger partial charge in [-0.15, -0.1) is 0 Å². The number of fused-ring (bicyclic) bond motifs is 1. The van der Waals surface area contributed by atoms with Crippen LogP contribution < -0.4 is 11.1 Å². The second-order valence-electron chi connectivity index (χ2n) is 6.25. The predicted octanol–water partition coefficient (Wildman–Crippen LogP) is 2.31. The van der Waals surface area contributed by atoms with Gasteiger partial charge in [0, 0.05) is 18.5 Å². The molecule has 0 spiro atoms. The fourth-order valence-electron chi connectivity index (χ4n) is 2.57. The third-order valence-electron chi connectivity index (χ3n) is 3.52. The van der Waals surface area contributed by atoms with Gasteiger partial charge in [-0.05, 0) is 56.2 Å². The van der Waals surface area contributed by atoms with Gasteiger partial charge in [0.05, 0.1) is 0 Å². The molecule has 1 aromatic rings. The van der Waals surface area contributed by atoms with Crippen LogP contribution in [0.15, 0.2) is 18.2 Å². The van der Waals surface area contributed by atoms with Gasteiger partial charge in [-0.2, -0.15) is 0 Å². The van der Waals surface area contributed by atoms with Crippen molar-refractivity contribution in [2.75, 3.05) is 0 Å². The minimum Gasteiger partial charge on any atom is -0.352 e. The summed E-state index contributed by atoms with van der Waals surface area (Å²) in [5.41, 5.74) is 9.51. The molecule has 0 unspecified atom stereocenters. The number of hydrogen-bond acceptors (Lipinski definition) is 2. The molecular formula is C16H24N2O. The van der Waals surface area contributed by atoms with Crippen LogP contribution in [-0.2, 0) is 24.2 Å². The molecule has 19 heavy (non-hydrogen) atoms. The van der Waals surface area contributed by atoms with E-state index in [4.69, 9.17) is 5.73 Å². The largest absolute Gasteiger partial charge is 0.352 e. The molecule has 0 saturated heterocycles. The zero-order chi connectivity index (χ0) is 13.9. The lowest BCUT2D eigenvalue weighted by Gasteiger charge is -2.19. The molecule has 0 heterocycles. The number of amides is 1. The van der Waals surface area contributed by atoms with Crippen molar-refractivity contribution in [2.45, 2.75) is 58.0 Å². The van der Waals surface area contributed by atoms with Gasteiger partial charge in [-0.1, -0.05) is 18.2 Å². The number of nitrogens with two attached hydrogens (primary N) is 1. The van der Waals surface area contributed by atoms with Gasteiger partial charge in [0.25, 0.3) is 0 Å². The Morgan fingerprint density at radius 1 is 1.26 bits per heavy atom. The number of nitrogens with one attached hydrogen (secondary N) is 1. The number of benzene rings is 1. The molecule has 3 N–H and O–H groups in total. The average Bonchev–Trinajstić information content (AvgIpc) is 2.34. The number of rotatable bonds is 4. The smallest absolute Gasteiger partial charge is 0.222 e. The Balaban J connectivity index is 1.91. The van der Waals surface area contributed by atoms with Crippen LogP contribution in [0.25, 0.3) is 0 Å². The molecular weight excluding hydrogens is 236 g/mol. The number of hydrogen-bond donors (Lipinski definition) is 2. The molecule has 0 atom stereocenters. The number of carbonyl (C=O) groups is 1. The van der Waals surface area contributed by atoms with Crippen molar-refractivity contribution in [2.24, 2.45) is 5.73 Å². The van der Waals surface area contributed by atoms with Crippen LogP contribution in [0, 0.1) is 0 Å². The van der Waals surface area contributed by atoms with Crippen molar-refractivity contribution in [3.8, 4) is 0 Å². The van der Waals surface area contributed by atoms with Crippen LogP contribution in [0.1, 0.15) is 49.8 Å². The topological polar surface area (TPSA) is 55.1 Å². The second-order valence-corrected chi connectivity index (χ2v) is 6.25. The minimum atomic E-state index is -0.445. The molecule has 3 nitrogen and oxygen atoms in total. The van der Waals surface area contributed by atoms with Crippen molar-refractivity contribution in [1.29, 1.82) is 0 Å². The summed E-state index contributed by atoms with van der Waals surface area (Å²) in [6.45, 7) is 4.33. The standard InChI is InChI=1S/C16H24N2O/c1-16(2,17)10-15(19)18-11-12-7-8-13-5-3-4-6-14(13)9-12/h7-9H,3-6,10-11,17H2,1-2H3,(H,18,19). The Hall–Kier alpha value is -1.35. The van der Waals surface area contributed by atoms with Gasteiger partial charge in [-0.25, -0.2) is 0 Å². The molecule has 0 fully saturated rings. The van der Waals surface area contributed by atoms with E-state index in [0.717, 1.165) is 0 Å². The Morgan fingerprint density at radius 2 is 1.95 bits per heavy atom. The van der Waals surface area contributed by atoms with Crippen LogP contribution in [0.4, 0.5) is 0 Å². The van der Waals surface area contributed by atoms with E-state index < -0.39 is 5.54 Å². The van der Waals surface area contributed by atoms with Crippen molar-refractivity contribution in [1.82, 2.24) is 5.32 Å². The van der Waals surface area contributed by atoms with E-state index in [1.807, 2.05) is 13.8 Å². The maximum atomic E-state index is 11.7. The van der Waals surface area contributed by atoms with E-state index in [2.05, 4.69) is 23.5 Å². The monoisotopic (exact) mass is 260 g/mol. The van der Waals surface area contributed by atoms with Crippen molar-refractivity contribution in [3.05, 3.63) is 34.9 Å². The third-order valence-corrected chi connectivity index (χ3v) is 3.52. The van der Waals surface area contributed by atoms with Crippen LogP contribution in [-0.4, -0.2) is 11.4 Å². The lowest BCUT2D eigenvalue weighted by atomic mass is 9.90. The molecule has 3 heteroatoms. The quantitative estimate of drug-likeness (QED) is 0.873. The lowest BCUT2D eigenvalue weighted by molar-refractivity contribution is -0.122. The molecule has 2 rings (SSSR count). The molecule has 1 aliphatic rings. The van der Waals surface area contributed by atoms with Crippen LogP contribution in [0.3, 0.4) is 0 Å². The van der Waals surface area contributed by atoms with Gasteiger partial charge < -0.3 is 11.1 Å². The Morgan fingerprint density at radius 3 is 2.63 bits per heavy atom. The first-order chi connectivity index (χ1) is 8.94. The number of carbonyl (C=O) groups excluding carboxylic acids is 1. The molecule has 0 aromatic heterocycles. The summed E-state index contributed by atoms with van der Waals surface area (Å²) in [6, 6.07) is 6.57. The number of aryl methyl sites for hydroxylation is 2. The highest BCUT2D eigenvalue weighted by atomic mass is 16.1. The first-order valence-corrected chi connectivity index (χ1v) is 7.10. The Labute approximate surface area is 115 Å². The highest BCUT2D eigenvalue weighted by Crippen LogP contribution is 2.22. The zero-order valence-electron chi connectivity index (χ0n) is 12.0. The summed E-state index contributed by atoms with van der Waals surface area (Å²) in [6.07, 6.45) is 5.31. The first-order valence-electron chi connectivity index (χ1n) is 7.10. The molecule has 0 radical (unpaired) electrons. The van der Waals surface area contributed by atoms with Crippen molar-refractivity contribution >= 4 is 5.91 Å². The van der Waals surface area contributed by atoms with E-state index in [1.54, 1.807) is 0 Å². The van der Waals surface area contributed by atoms with Crippen LogP contribution in [0.2, 0.25) is 0 Å². The normalized spacial score (nSPS) is 14.9. The SMILES string of the molecule is CC(C)(N)CC(=O)NCc1ccc2c(c1)CCCC2. The summed E-state index contributed by atoms with van der Waals surface area (Å²) in [5.74, 6) is 0.0187. The summed E-state index contributed by atoms with van der Waals surface area (Å²) in [4.78, 5) is 11.7. The van der Waals surface area contributed by atoms with Gasteiger partial charge in [-0.3, -0.25) is 4.79 Å². The van der Waals surface area contributed by atoms with Crippen molar-refractivity contribution in [3.63, 3.8) is 0 Å². The maximum Gasteiger partial charge on any atom is 0.222 e. The summed E-state index contributed by atoms with van der Waals surface area (Å²) in [7, 11) is 0. The van der Waals surface area contributed by atoms with Gasteiger partial charge in [0.2, 0.25) is 5.91 Å². The van der Waals surface area contributed by atoms with Crippen LogP contribution >= 0.6 is 0 Å². The lowest BCUT2D eigenvalue weighted by Crippen LogP contribution is -2.38. The molecule has 0 saturated carbocycles. The van der Waals surface area contributed by atoms with E-state index in [-0.39, 0.29) is 5.91 Å². The average molecular weight is 260 g/mol. The van der Waals surface area contributed by atoms with E-state index in [1.165, 1.54) is 42.4 Å². The van der Waals surface area contributed by atoms with Crippen molar-refractivity contribution < 1.29 is 4.79 Å². The van der Waals surface area contributed by atoms with E-state index >= 15 is 0 Å². The van der Waals surface area contributed by atoms with E-state index in [0.29, 0.717) is 13.0 Å². The molecule has 1 aliphatic carbocycles. The van der Waals surface area contributed by atoms with E-state index in [9.17, 15) is 4.79 Å². The molecule has 1 amide bonds. The second kappa shape index (κ2) is 5.74. The molecule has 1 aromatic carbocycles. The Kier molecular flexibility index (Phi) is 4.25. The fraction of sp³-hybridized carbons (Fsp3) is 0.562. The maximum absolute atomic E-state index is 11.7. The summed E-state index contributed by atoms with van der Waals surface area (Å²) < 4.78 is 0. The first kappa shape index (κ1) is 14.1. The van der Waals surface area contributed by atoms with Crippen LogP contribution in [0.5, 0.6) is 0 Å². The zero-order valence-corrected chi connectivity index (χ0v) is 12.0. The van der Waals surface area contributed by atoms with Gasteiger partial charge in [0.15, 0.2) is 0 Å². The molecule has 0 bridgehead atoms. The van der Waals surface area contributed by atoms with Gasteiger partial charge in [0.1, 0.15) is 0 Å². The summed E-state index contributed by atoms with van der Waals surface area (Å²) >= 11 is 0. The Bertz CT molecular complexity index is 460. The highest BCUT2D eigenvalue weighted by molar-refractivity contribution is 5.77. The fourth-order valence-corrected chi connectivity index (χ4v) is 2.57. The highest BCUT2D eigenvalue weighted by Gasteiger charge is 2.16. The predicted molar refractivity (Wildman–Crippen MR) is 77.8 cm³/mol. The molecule has 104 valence electrons. The minimum absolute atomic E-state index is 0.0187. The summed E-state index contributed by atoms with van der Waals surface area (Å²) in [5, 5.41) is 2.94. The van der Waals surface area contributed by atoms with Gasteiger partial charge >= 0.3 is 0 Å². The molecule has 0 aliphatic heterocycles. The third kappa shape index (κ3) is 4.35.